The van der Waals surface area contributed by atoms with Crippen LogP contribution in [0.2, 0.25) is 0 Å². The van der Waals surface area contributed by atoms with Crippen LogP contribution in [-0.4, -0.2) is 24.6 Å². The van der Waals surface area contributed by atoms with E-state index in [-0.39, 0.29) is 17.5 Å². The Morgan fingerprint density at radius 3 is 2.22 bits per heavy atom. The number of benzene rings is 1. The first-order valence-electron chi connectivity index (χ1n) is 6.04. The Morgan fingerprint density at radius 1 is 1.22 bits per heavy atom. The van der Waals surface area contributed by atoms with Crippen molar-refractivity contribution in [2.24, 2.45) is 0 Å². The molecule has 18 heavy (non-hydrogen) atoms. The molecule has 0 bridgehead atoms. The van der Waals surface area contributed by atoms with Gasteiger partial charge in [0.2, 0.25) is 5.91 Å². The lowest BCUT2D eigenvalue weighted by Gasteiger charge is -2.24. The Morgan fingerprint density at radius 2 is 1.78 bits per heavy atom. The third-order valence-electron chi connectivity index (χ3n) is 2.36. The molecule has 0 radical (unpaired) electrons. The van der Waals surface area contributed by atoms with E-state index in [1.807, 2.05) is 52.0 Å². The number of anilines is 1. The van der Waals surface area contributed by atoms with Gasteiger partial charge in [-0.3, -0.25) is 4.79 Å². The van der Waals surface area contributed by atoms with E-state index < -0.39 is 0 Å². The molecular formula is C14H22N2O2. The molecule has 1 unspecified atom stereocenters. The second kappa shape index (κ2) is 5.76. The molecule has 1 aromatic carbocycles. The Kier molecular flexibility index (Phi) is 4.59. The van der Waals surface area contributed by atoms with Crippen molar-refractivity contribution < 1.29 is 9.53 Å². The maximum absolute atomic E-state index is 11.9. The normalized spacial score (nSPS) is 12.7. The first-order valence-corrected chi connectivity index (χ1v) is 6.04. The lowest BCUT2D eigenvalue weighted by Crippen LogP contribution is -2.47. The molecule has 0 aliphatic rings. The lowest BCUT2D eigenvalue weighted by molar-refractivity contribution is -0.122. The summed E-state index contributed by atoms with van der Waals surface area (Å²) in [7, 11) is 1.63. The molecule has 0 fully saturated rings. The third-order valence-corrected chi connectivity index (χ3v) is 2.36. The van der Waals surface area contributed by atoms with Gasteiger partial charge in [0.1, 0.15) is 11.8 Å². The number of hydrogen-bond acceptors (Lipinski definition) is 3. The molecule has 0 aromatic heterocycles. The van der Waals surface area contributed by atoms with E-state index in [2.05, 4.69) is 10.6 Å². The molecule has 1 amide bonds. The van der Waals surface area contributed by atoms with Gasteiger partial charge in [0.25, 0.3) is 0 Å². The number of methoxy groups -OCH3 is 1. The van der Waals surface area contributed by atoms with Crippen LogP contribution in [0.4, 0.5) is 5.69 Å². The summed E-state index contributed by atoms with van der Waals surface area (Å²) in [5, 5.41) is 6.08. The summed E-state index contributed by atoms with van der Waals surface area (Å²) in [4.78, 5) is 11.9. The predicted octanol–water partition coefficient (Wildman–Crippen LogP) is 2.41. The molecule has 4 heteroatoms. The molecule has 0 heterocycles. The Labute approximate surface area is 109 Å². The molecule has 1 atom stereocenters. The summed E-state index contributed by atoms with van der Waals surface area (Å²) in [5.41, 5.74) is 0.680. The van der Waals surface area contributed by atoms with Crippen molar-refractivity contribution >= 4 is 11.6 Å². The van der Waals surface area contributed by atoms with Crippen LogP contribution in [0.15, 0.2) is 24.3 Å². The number of nitrogens with one attached hydrogen (secondary N) is 2. The molecule has 0 aliphatic carbocycles. The van der Waals surface area contributed by atoms with Crippen molar-refractivity contribution in [3.8, 4) is 5.75 Å². The average Bonchev–Trinajstić information content (AvgIpc) is 2.27. The predicted molar refractivity (Wildman–Crippen MR) is 74.0 cm³/mol. The Balaban J connectivity index is 2.58. The van der Waals surface area contributed by atoms with E-state index in [1.165, 1.54) is 0 Å². The summed E-state index contributed by atoms with van der Waals surface area (Å²) in [6.45, 7) is 7.73. The van der Waals surface area contributed by atoms with Crippen molar-refractivity contribution in [2.75, 3.05) is 12.4 Å². The van der Waals surface area contributed by atoms with E-state index in [9.17, 15) is 4.79 Å². The maximum atomic E-state index is 11.9. The first kappa shape index (κ1) is 14.4. The van der Waals surface area contributed by atoms with Crippen molar-refractivity contribution in [1.82, 2.24) is 5.32 Å². The largest absolute Gasteiger partial charge is 0.497 e. The van der Waals surface area contributed by atoms with Crippen LogP contribution in [0.1, 0.15) is 27.7 Å². The second-order valence-corrected chi connectivity index (χ2v) is 5.33. The highest BCUT2D eigenvalue weighted by Gasteiger charge is 2.18. The van der Waals surface area contributed by atoms with E-state index >= 15 is 0 Å². The molecule has 1 rings (SSSR count). The average molecular weight is 250 g/mol. The van der Waals surface area contributed by atoms with Crippen LogP contribution >= 0.6 is 0 Å². The number of carbonyl (C=O) groups excluding carboxylic acids is 1. The zero-order chi connectivity index (χ0) is 13.8. The molecule has 0 aliphatic heterocycles. The fraction of sp³-hybridized carbons (Fsp3) is 0.500. The minimum Gasteiger partial charge on any atom is -0.497 e. The summed E-state index contributed by atoms with van der Waals surface area (Å²) in [6.07, 6.45) is 0. The number of carbonyl (C=O) groups is 1. The molecule has 2 N–H and O–H groups in total. The highest BCUT2D eigenvalue weighted by molar-refractivity contribution is 5.84. The van der Waals surface area contributed by atoms with Gasteiger partial charge in [-0.15, -0.1) is 0 Å². The van der Waals surface area contributed by atoms with Crippen molar-refractivity contribution in [3.63, 3.8) is 0 Å². The highest BCUT2D eigenvalue weighted by Crippen LogP contribution is 2.15. The minimum atomic E-state index is -0.280. The van der Waals surface area contributed by atoms with Gasteiger partial charge in [-0.25, -0.2) is 0 Å². The summed E-state index contributed by atoms with van der Waals surface area (Å²) in [6, 6.07) is 7.21. The van der Waals surface area contributed by atoms with E-state index in [0.717, 1.165) is 11.4 Å². The second-order valence-electron chi connectivity index (χ2n) is 5.33. The van der Waals surface area contributed by atoms with E-state index in [1.54, 1.807) is 7.11 Å². The fourth-order valence-electron chi connectivity index (χ4n) is 1.48. The van der Waals surface area contributed by atoms with Gasteiger partial charge in [0, 0.05) is 11.2 Å². The molecule has 0 saturated heterocycles. The quantitative estimate of drug-likeness (QED) is 0.862. The van der Waals surface area contributed by atoms with E-state index in [0.29, 0.717) is 0 Å². The van der Waals surface area contributed by atoms with Gasteiger partial charge >= 0.3 is 0 Å². The summed E-state index contributed by atoms with van der Waals surface area (Å²) < 4.78 is 5.08. The van der Waals surface area contributed by atoms with Gasteiger partial charge in [-0.05, 0) is 52.0 Å². The van der Waals surface area contributed by atoms with Gasteiger partial charge < -0.3 is 15.4 Å². The monoisotopic (exact) mass is 250 g/mol. The summed E-state index contributed by atoms with van der Waals surface area (Å²) in [5.74, 6) is 0.783. The maximum Gasteiger partial charge on any atom is 0.242 e. The minimum absolute atomic E-state index is 0.0154. The van der Waals surface area contributed by atoms with Crippen LogP contribution in [-0.2, 0) is 4.79 Å². The van der Waals surface area contributed by atoms with Crippen molar-refractivity contribution in [1.29, 1.82) is 0 Å². The fourth-order valence-corrected chi connectivity index (χ4v) is 1.48. The molecule has 100 valence electrons. The van der Waals surface area contributed by atoms with Crippen LogP contribution in [0.25, 0.3) is 0 Å². The number of ether oxygens (including phenoxy) is 1. The molecule has 1 aromatic rings. The summed E-state index contributed by atoms with van der Waals surface area (Å²) >= 11 is 0. The van der Waals surface area contributed by atoms with Crippen molar-refractivity contribution in [3.05, 3.63) is 24.3 Å². The Hall–Kier alpha value is -1.71. The number of amides is 1. The van der Waals surface area contributed by atoms with Crippen LogP contribution in [0.3, 0.4) is 0 Å². The highest BCUT2D eigenvalue weighted by atomic mass is 16.5. The molecule has 0 spiro atoms. The first-order chi connectivity index (χ1) is 8.31. The van der Waals surface area contributed by atoms with Gasteiger partial charge in [0.05, 0.1) is 7.11 Å². The van der Waals surface area contributed by atoms with Crippen molar-refractivity contribution in [2.45, 2.75) is 39.3 Å². The smallest absolute Gasteiger partial charge is 0.242 e. The zero-order valence-electron chi connectivity index (χ0n) is 11.7. The van der Waals surface area contributed by atoms with Crippen LogP contribution < -0.4 is 15.4 Å². The lowest BCUT2D eigenvalue weighted by atomic mass is 10.1. The van der Waals surface area contributed by atoms with Gasteiger partial charge in [-0.2, -0.15) is 0 Å². The SMILES string of the molecule is COc1ccc(NC(C)C(=O)NC(C)(C)C)cc1. The molecule has 4 nitrogen and oxygen atoms in total. The topological polar surface area (TPSA) is 50.4 Å². The standard InChI is InChI=1S/C14H22N2O2/c1-10(13(17)16-14(2,3)4)15-11-6-8-12(18-5)9-7-11/h6-10,15H,1-5H3,(H,16,17). The zero-order valence-corrected chi connectivity index (χ0v) is 11.7. The number of rotatable bonds is 4. The van der Waals surface area contributed by atoms with E-state index in [4.69, 9.17) is 4.74 Å². The Bertz CT molecular complexity index is 393. The van der Waals surface area contributed by atoms with Gasteiger partial charge in [-0.1, -0.05) is 0 Å². The molecule has 0 saturated carbocycles. The number of hydrogen-bond donors (Lipinski definition) is 2. The van der Waals surface area contributed by atoms with Crippen LogP contribution in [0.5, 0.6) is 5.75 Å². The van der Waals surface area contributed by atoms with Crippen LogP contribution in [0, 0.1) is 0 Å². The third kappa shape index (κ3) is 4.65. The van der Waals surface area contributed by atoms with Gasteiger partial charge in [0.15, 0.2) is 0 Å². The molecular weight excluding hydrogens is 228 g/mol.